The number of hydrogen-bond donors (Lipinski definition) is 2. The fourth-order valence-electron chi connectivity index (χ4n) is 2.05. The summed E-state index contributed by atoms with van der Waals surface area (Å²) in [6.45, 7) is 4.59. The highest BCUT2D eigenvalue weighted by Gasteiger charge is 2.23. The van der Waals surface area contributed by atoms with Gasteiger partial charge in [-0.25, -0.2) is 4.79 Å². The number of rotatable bonds is 3. The van der Waals surface area contributed by atoms with Crippen LogP contribution in [0.15, 0.2) is 27.4 Å². The van der Waals surface area contributed by atoms with Crippen LogP contribution in [0.2, 0.25) is 0 Å². The number of carbonyl (C=O) groups is 2. The standard InChI is InChI=1S/C16H16BNO6/c1-16(2,3)24-10(19)7-18-14(21)11-12(20)8-5-4-6-9(17)13(8)23-15(11)22/h4-6,20H,7H2,1-3H3,(H,18,21). The number of aromatic hydroxyl groups is 1. The molecule has 0 aliphatic carbocycles. The normalized spacial score (nSPS) is 11.3. The summed E-state index contributed by atoms with van der Waals surface area (Å²) in [7, 11) is 5.67. The van der Waals surface area contributed by atoms with Gasteiger partial charge in [0.2, 0.25) is 0 Å². The number of para-hydroxylation sites is 1. The number of benzene rings is 1. The molecular formula is C16H16BNO6. The maximum atomic E-state index is 12.1. The molecule has 1 aromatic heterocycles. The smallest absolute Gasteiger partial charge is 0.353 e. The second-order valence-corrected chi connectivity index (χ2v) is 6.11. The zero-order valence-electron chi connectivity index (χ0n) is 13.5. The van der Waals surface area contributed by atoms with Gasteiger partial charge in [-0.1, -0.05) is 17.6 Å². The Morgan fingerprint density at radius 2 is 2.00 bits per heavy atom. The first-order chi connectivity index (χ1) is 11.1. The van der Waals surface area contributed by atoms with Crippen molar-refractivity contribution >= 4 is 36.2 Å². The monoisotopic (exact) mass is 329 g/mol. The van der Waals surface area contributed by atoms with E-state index >= 15 is 0 Å². The minimum Gasteiger partial charge on any atom is -0.506 e. The van der Waals surface area contributed by atoms with E-state index in [4.69, 9.17) is 17.0 Å². The molecule has 0 unspecified atom stereocenters. The highest BCUT2D eigenvalue weighted by atomic mass is 16.6. The van der Waals surface area contributed by atoms with Crippen LogP contribution in [0, 0.1) is 0 Å². The molecular weight excluding hydrogens is 313 g/mol. The van der Waals surface area contributed by atoms with Crippen LogP contribution < -0.4 is 16.4 Å². The van der Waals surface area contributed by atoms with Crippen LogP contribution in [0.25, 0.3) is 11.0 Å². The van der Waals surface area contributed by atoms with Crippen LogP contribution >= 0.6 is 0 Å². The molecule has 0 spiro atoms. The Morgan fingerprint density at radius 1 is 1.33 bits per heavy atom. The van der Waals surface area contributed by atoms with E-state index in [0.717, 1.165) is 0 Å². The van der Waals surface area contributed by atoms with Crippen LogP contribution in [0.1, 0.15) is 31.1 Å². The maximum Gasteiger partial charge on any atom is 0.353 e. The Balaban J connectivity index is 2.27. The summed E-state index contributed by atoms with van der Waals surface area (Å²) in [6, 6.07) is 4.49. The van der Waals surface area contributed by atoms with E-state index in [2.05, 4.69) is 5.32 Å². The molecule has 1 heterocycles. The molecule has 0 bridgehead atoms. The van der Waals surface area contributed by atoms with Crippen LogP contribution in [-0.2, 0) is 9.53 Å². The van der Waals surface area contributed by atoms with Gasteiger partial charge in [0, 0.05) is 0 Å². The quantitative estimate of drug-likeness (QED) is 0.479. The first-order valence-corrected chi connectivity index (χ1v) is 7.14. The Morgan fingerprint density at radius 3 is 2.62 bits per heavy atom. The van der Waals surface area contributed by atoms with E-state index in [0.29, 0.717) is 0 Å². The summed E-state index contributed by atoms with van der Waals surface area (Å²) in [6.07, 6.45) is 0. The Kier molecular flexibility index (Phi) is 4.68. The van der Waals surface area contributed by atoms with E-state index in [1.54, 1.807) is 26.8 Å². The SMILES string of the molecule is [B]c1cccc2c(O)c(C(=O)NCC(=O)OC(C)(C)C)c(=O)oc12. The molecule has 0 saturated heterocycles. The minimum absolute atomic E-state index is 0.0105. The lowest BCUT2D eigenvalue weighted by Crippen LogP contribution is -2.36. The van der Waals surface area contributed by atoms with Gasteiger partial charge >= 0.3 is 11.6 Å². The molecule has 0 aliphatic rings. The number of hydrogen-bond acceptors (Lipinski definition) is 6. The molecule has 8 heteroatoms. The Labute approximate surface area is 139 Å². The summed E-state index contributed by atoms with van der Waals surface area (Å²) in [5, 5.41) is 12.5. The first kappa shape index (κ1) is 17.6. The predicted molar refractivity (Wildman–Crippen MR) is 87.7 cm³/mol. The van der Waals surface area contributed by atoms with Crippen LogP contribution in [0.4, 0.5) is 0 Å². The van der Waals surface area contributed by atoms with Crippen molar-refractivity contribution in [1.29, 1.82) is 0 Å². The molecule has 7 nitrogen and oxygen atoms in total. The molecule has 24 heavy (non-hydrogen) atoms. The number of carbonyl (C=O) groups excluding carboxylic acids is 2. The zero-order chi connectivity index (χ0) is 18.1. The van der Waals surface area contributed by atoms with Crippen molar-refractivity contribution in [3.63, 3.8) is 0 Å². The van der Waals surface area contributed by atoms with Crippen molar-refractivity contribution in [2.45, 2.75) is 26.4 Å². The Bertz CT molecular complexity index is 865. The van der Waals surface area contributed by atoms with Gasteiger partial charge in [-0.05, 0) is 26.8 Å². The highest BCUT2D eigenvalue weighted by molar-refractivity contribution is 6.38. The third kappa shape index (κ3) is 3.76. The molecule has 1 amide bonds. The molecule has 2 rings (SSSR count). The average molecular weight is 329 g/mol. The first-order valence-electron chi connectivity index (χ1n) is 7.14. The van der Waals surface area contributed by atoms with Crippen molar-refractivity contribution in [2.75, 3.05) is 6.54 Å². The van der Waals surface area contributed by atoms with Gasteiger partial charge < -0.3 is 19.6 Å². The van der Waals surface area contributed by atoms with E-state index in [1.165, 1.54) is 12.1 Å². The van der Waals surface area contributed by atoms with E-state index in [1.807, 2.05) is 0 Å². The molecule has 124 valence electrons. The van der Waals surface area contributed by atoms with Gasteiger partial charge in [0.15, 0.2) is 5.56 Å². The third-order valence-electron chi connectivity index (χ3n) is 2.98. The average Bonchev–Trinajstić information content (AvgIpc) is 2.45. The van der Waals surface area contributed by atoms with Gasteiger partial charge in [-0.3, -0.25) is 9.59 Å². The number of amides is 1. The van der Waals surface area contributed by atoms with Crippen molar-refractivity contribution < 1.29 is 23.8 Å². The largest absolute Gasteiger partial charge is 0.506 e. The van der Waals surface area contributed by atoms with E-state index < -0.39 is 41.0 Å². The van der Waals surface area contributed by atoms with Crippen molar-refractivity contribution in [3.05, 3.63) is 34.2 Å². The molecule has 2 radical (unpaired) electrons. The molecule has 2 aromatic rings. The maximum absolute atomic E-state index is 12.1. The van der Waals surface area contributed by atoms with Crippen molar-refractivity contribution in [1.82, 2.24) is 5.32 Å². The summed E-state index contributed by atoms with van der Waals surface area (Å²) < 4.78 is 10.0. The number of fused-ring (bicyclic) bond motifs is 1. The lowest BCUT2D eigenvalue weighted by Gasteiger charge is -2.19. The summed E-state index contributed by atoms with van der Waals surface area (Å²) in [5.74, 6) is -2.18. The fourth-order valence-corrected chi connectivity index (χ4v) is 2.05. The van der Waals surface area contributed by atoms with Gasteiger partial charge in [0.1, 0.15) is 31.3 Å². The molecule has 1 aromatic carbocycles. The second-order valence-electron chi connectivity index (χ2n) is 6.11. The van der Waals surface area contributed by atoms with Gasteiger partial charge in [-0.2, -0.15) is 0 Å². The van der Waals surface area contributed by atoms with E-state index in [-0.39, 0.29) is 16.4 Å². The second kappa shape index (κ2) is 6.39. The number of nitrogens with one attached hydrogen (secondary N) is 1. The highest BCUT2D eigenvalue weighted by Crippen LogP contribution is 2.24. The summed E-state index contributed by atoms with van der Waals surface area (Å²) >= 11 is 0. The Hall–Kier alpha value is -2.77. The minimum atomic E-state index is -1.06. The third-order valence-corrected chi connectivity index (χ3v) is 2.98. The molecule has 2 N–H and O–H groups in total. The van der Waals surface area contributed by atoms with Gasteiger partial charge in [0.05, 0.1) is 5.39 Å². The van der Waals surface area contributed by atoms with Crippen LogP contribution in [-0.4, -0.2) is 37.0 Å². The van der Waals surface area contributed by atoms with Gasteiger partial charge in [-0.15, -0.1) is 0 Å². The topological polar surface area (TPSA) is 106 Å². The summed E-state index contributed by atoms with van der Waals surface area (Å²) in [4.78, 5) is 35.7. The van der Waals surface area contributed by atoms with Crippen molar-refractivity contribution in [3.8, 4) is 5.75 Å². The lowest BCUT2D eigenvalue weighted by atomic mass is 9.93. The summed E-state index contributed by atoms with van der Waals surface area (Å²) in [5.41, 5.74) is -2.22. The van der Waals surface area contributed by atoms with Crippen LogP contribution in [0.5, 0.6) is 5.75 Å². The molecule has 0 fully saturated rings. The lowest BCUT2D eigenvalue weighted by molar-refractivity contribution is -0.153. The predicted octanol–water partition coefficient (Wildman–Crippen LogP) is 0.364. The van der Waals surface area contributed by atoms with Crippen molar-refractivity contribution in [2.24, 2.45) is 0 Å². The fraction of sp³-hybridized carbons (Fsp3) is 0.312. The number of esters is 1. The molecule has 0 atom stereocenters. The molecule has 0 saturated carbocycles. The zero-order valence-corrected chi connectivity index (χ0v) is 13.5. The van der Waals surface area contributed by atoms with Gasteiger partial charge in [0.25, 0.3) is 5.91 Å². The molecule has 0 aliphatic heterocycles. The van der Waals surface area contributed by atoms with Crippen LogP contribution in [0.3, 0.4) is 0 Å². The van der Waals surface area contributed by atoms with E-state index in [9.17, 15) is 19.5 Å². The number of ether oxygens (including phenoxy) is 1.